The van der Waals surface area contributed by atoms with Crippen LogP contribution in [-0.2, 0) is 22.4 Å². The molecule has 1 fully saturated rings. The molecular weight excluding hydrogens is 518 g/mol. The molecule has 10 nitrogen and oxygen atoms in total. The molecule has 4 aromatic rings. The van der Waals surface area contributed by atoms with Gasteiger partial charge in [-0.25, -0.2) is 4.52 Å². The van der Waals surface area contributed by atoms with Gasteiger partial charge in [-0.3, -0.25) is 29.8 Å². The van der Waals surface area contributed by atoms with E-state index in [9.17, 15) is 19.6 Å². The van der Waals surface area contributed by atoms with Gasteiger partial charge in [0.1, 0.15) is 6.33 Å². The van der Waals surface area contributed by atoms with Crippen molar-refractivity contribution in [1.82, 2.24) is 30.0 Å². The lowest BCUT2D eigenvalue weighted by Gasteiger charge is -2.30. The molecule has 2 N–H and O–H groups in total. The van der Waals surface area contributed by atoms with Gasteiger partial charge in [0.25, 0.3) is 5.56 Å². The van der Waals surface area contributed by atoms with E-state index in [4.69, 9.17) is 0 Å². The smallest absolute Gasteiger partial charge is 0.259 e. The van der Waals surface area contributed by atoms with Crippen LogP contribution in [0.5, 0.6) is 0 Å². The van der Waals surface area contributed by atoms with Gasteiger partial charge in [0.2, 0.25) is 17.6 Å². The van der Waals surface area contributed by atoms with Crippen LogP contribution in [0.4, 0.5) is 0 Å². The van der Waals surface area contributed by atoms with E-state index < -0.39 is 0 Å². The van der Waals surface area contributed by atoms with Crippen LogP contribution in [0, 0.1) is 17.2 Å². The minimum atomic E-state index is -0.325. The molecule has 1 aliphatic rings. The van der Waals surface area contributed by atoms with Crippen molar-refractivity contribution in [2.45, 2.75) is 64.8 Å². The van der Waals surface area contributed by atoms with E-state index >= 15 is 0 Å². The van der Waals surface area contributed by atoms with E-state index in [1.54, 1.807) is 15.1 Å². The van der Waals surface area contributed by atoms with E-state index in [2.05, 4.69) is 33.9 Å². The Morgan fingerprint density at radius 2 is 1.78 bits per heavy atom. The van der Waals surface area contributed by atoms with Crippen LogP contribution < -0.4 is 16.4 Å². The standard InChI is InChI=1S/C31H33N7O3/c1-3-6-28-27(17-21-9-11-22(12-10-21)26-8-5-4-7-24(26)18-32)30(41)37(31-33-19-34-38(28)31)25-15-13-23(14-16-25)29(40)36-35-20(2)39/h4-5,7-12,19,23,25H,3,6,13-17H2,1-2H3,(H,35,39)(H,36,40)/t23-,25-. The van der Waals surface area contributed by atoms with Gasteiger partial charge in [-0.2, -0.15) is 15.3 Å². The molecule has 0 radical (unpaired) electrons. The van der Waals surface area contributed by atoms with Crippen molar-refractivity contribution >= 4 is 17.6 Å². The zero-order valence-electron chi connectivity index (χ0n) is 23.3. The SMILES string of the molecule is CCCc1c(Cc2ccc(-c3ccccc3C#N)cc2)c(=O)n([C@H]2CC[C@H](C(=O)NNC(C)=O)CC2)c2ncnn12. The van der Waals surface area contributed by atoms with Gasteiger partial charge in [-0.1, -0.05) is 55.8 Å². The first-order valence-electron chi connectivity index (χ1n) is 14.0. The molecule has 1 aliphatic carbocycles. The summed E-state index contributed by atoms with van der Waals surface area (Å²) in [7, 11) is 0. The van der Waals surface area contributed by atoms with Crippen LogP contribution >= 0.6 is 0 Å². The van der Waals surface area contributed by atoms with Gasteiger partial charge in [0.05, 0.1) is 17.3 Å². The summed E-state index contributed by atoms with van der Waals surface area (Å²) in [6, 6.07) is 17.6. The van der Waals surface area contributed by atoms with E-state index in [1.807, 2.05) is 42.5 Å². The summed E-state index contributed by atoms with van der Waals surface area (Å²) in [5, 5.41) is 14.0. The van der Waals surface area contributed by atoms with Crippen molar-refractivity contribution in [3.8, 4) is 17.2 Å². The van der Waals surface area contributed by atoms with Crippen LogP contribution in [-0.4, -0.2) is 31.0 Å². The molecule has 41 heavy (non-hydrogen) atoms. The average Bonchev–Trinajstić information content (AvgIpc) is 3.47. The lowest BCUT2D eigenvalue weighted by atomic mass is 9.85. The molecule has 0 spiro atoms. The molecule has 10 heteroatoms. The fourth-order valence-corrected chi connectivity index (χ4v) is 5.76. The van der Waals surface area contributed by atoms with Gasteiger partial charge in [0.15, 0.2) is 0 Å². The highest BCUT2D eigenvalue weighted by molar-refractivity contribution is 5.82. The Morgan fingerprint density at radius 1 is 1.05 bits per heavy atom. The number of fused-ring (bicyclic) bond motifs is 1. The third kappa shape index (κ3) is 5.75. The summed E-state index contributed by atoms with van der Waals surface area (Å²) in [6.07, 6.45) is 5.95. The largest absolute Gasteiger partial charge is 0.274 e. The number of nitriles is 1. The molecule has 0 unspecified atom stereocenters. The minimum Gasteiger partial charge on any atom is -0.274 e. The normalized spacial score (nSPS) is 16.7. The number of nitrogens with zero attached hydrogens (tertiary/aromatic N) is 5. The lowest BCUT2D eigenvalue weighted by Crippen LogP contribution is -2.44. The number of nitrogens with one attached hydrogen (secondary N) is 2. The molecule has 2 aromatic carbocycles. The molecule has 0 aliphatic heterocycles. The average molecular weight is 552 g/mol. The number of carbonyl (C=O) groups excluding carboxylic acids is 2. The number of hydrogen-bond donors (Lipinski definition) is 2. The van der Waals surface area contributed by atoms with Gasteiger partial charge in [-0.15, -0.1) is 0 Å². The molecule has 0 saturated heterocycles. The molecule has 2 aromatic heterocycles. The molecular formula is C31H33N7O3. The number of aryl methyl sites for hydroxylation is 1. The second kappa shape index (κ2) is 12.2. The highest BCUT2D eigenvalue weighted by Crippen LogP contribution is 2.33. The van der Waals surface area contributed by atoms with Crippen LogP contribution in [0.25, 0.3) is 16.9 Å². The molecule has 210 valence electrons. The Kier molecular flexibility index (Phi) is 8.24. The third-order valence-electron chi connectivity index (χ3n) is 7.80. The zero-order valence-corrected chi connectivity index (χ0v) is 23.3. The van der Waals surface area contributed by atoms with Crippen molar-refractivity contribution in [3.63, 3.8) is 0 Å². The first-order chi connectivity index (χ1) is 19.9. The number of amides is 2. The zero-order chi connectivity index (χ0) is 28.9. The predicted octanol–water partition coefficient (Wildman–Crippen LogP) is 3.87. The number of hydrazine groups is 1. The Morgan fingerprint density at radius 3 is 2.46 bits per heavy atom. The number of carbonyl (C=O) groups is 2. The van der Waals surface area contributed by atoms with Crippen molar-refractivity contribution < 1.29 is 9.59 Å². The predicted molar refractivity (Wildman–Crippen MR) is 154 cm³/mol. The van der Waals surface area contributed by atoms with Gasteiger partial charge in [-0.05, 0) is 54.9 Å². The second-order valence-electron chi connectivity index (χ2n) is 10.5. The van der Waals surface area contributed by atoms with Crippen molar-refractivity contribution in [2.75, 3.05) is 0 Å². The number of benzene rings is 2. The van der Waals surface area contributed by atoms with E-state index in [-0.39, 0.29) is 29.3 Å². The highest BCUT2D eigenvalue weighted by Gasteiger charge is 2.30. The highest BCUT2D eigenvalue weighted by atomic mass is 16.2. The minimum absolute atomic E-state index is 0.0704. The molecule has 0 atom stereocenters. The first kappa shape index (κ1) is 27.8. The van der Waals surface area contributed by atoms with Crippen LogP contribution in [0.2, 0.25) is 0 Å². The topological polar surface area (TPSA) is 134 Å². The second-order valence-corrected chi connectivity index (χ2v) is 10.5. The van der Waals surface area contributed by atoms with E-state index in [0.717, 1.165) is 28.8 Å². The maximum atomic E-state index is 14.2. The number of aromatic nitrogens is 4. The van der Waals surface area contributed by atoms with E-state index in [0.29, 0.717) is 55.4 Å². The first-order valence-corrected chi connectivity index (χ1v) is 14.0. The molecule has 1 saturated carbocycles. The lowest BCUT2D eigenvalue weighted by molar-refractivity contribution is -0.131. The van der Waals surface area contributed by atoms with Gasteiger partial charge in [0, 0.05) is 30.9 Å². The Hall–Kier alpha value is -4.78. The van der Waals surface area contributed by atoms with Crippen LogP contribution in [0.1, 0.15) is 74.4 Å². The summed E-state index contributed by atoms with van der Waals surface area (Å²) in [5.74, 6) is -0.240. The van der Waals surface area contributed by atoms with Crippen molar-refractivity contribution in [2.24, 2.45) is 5.92 Å². The Labute approximate surface area is 238 Å². The Balaban J connectivity index is 1.45. The molecule has 2 heterocycles. The van der Waals surface area contributed by atoms with Crippen LogP contribution in [0.3, 0.4) is 0 Å². The van der Waals surface area contributed by atoms with Gasteiger partial charge >= 0.3 is 0 Å². The van der Waals surface area contributed by atoms with Crippen LogP contribution in [0.15, 0.2) is 59.7 Å². The summed E-state index contributed by atoms with van der Waals surface area (Å²) in [4.78, 5) is 42.3. The maximum absolute atomic E-state index is 14.2. The molecule has 0 bridgehead atoms. The number of hydrogen-bond acceptors (Lipinski definition) is 6. The summed E-state index contributed by atoms with van der Waals surface area (Å²) in [5.41, 5.74) is 9.74. The maximum Gasteiger partial charge on any atom is 0.259 e. The summed E-state index contributed by atoms with van der Waals surface area (Å²) >= 11 is 0. The monoisotopic (exact) mass is 551 g/mol. The van der Waals surface area contributed by atoms with Crippen molar-refractivity contribution in [1.29, 1.82) is 5.26 Å². The fourth-order valence-electron chi connectivity index (χ4n) is 5.76. The fraction of sp³-hybridized carbons (Fsp3) is 0.355. The molecule has 5 rings (SSSR count). The summed E-state index contributed by atoms with van der Waals surface area (Å²) in [6.45, 7) is 3.42. The molecule has 2 amide bonds. The quantitative estimate of drug-likeness (QED) is 0.335. The number of rotatable bonds is 7. The van der Waals surface area contributed by atoms with Gasteiger partial charge < -0.3 is 0 Å². The summed E-state index contributed by atoms with van der Waals surface area (Å²) < 4.78 is 3.56. The third-order valence-corrected chi connectivity index (χ3v) is 7.80. The Bertz CT molecular complexity index is 1670. The van der Waals surface area contributed by atoms with E-state index in [1.165, 1.54) is 13.3 Å². The van der Waals surface area contributed by atoms with Crippen molar-refractivity contribution in [3.05, 3.63) is 87.6 Å².